The predicted octanol–water partition coefficient (Wildman–Crippen LogP) is 1.80. The SMILES string of the molecule is CCOC(=O)C(=Cc1cnn(Cc2ccccc2)c(=O)c1)C(=O)OCC. The van der Waals surface area contributed by atoms with Crippen LogP contribution in [0.1, 0.15) is 25.0 Å². The van der Waals surface area contributed by atoms with Gasteiger partial charge in [0.05, 0.1) is 26.0 Å². The molecule has 7 nitrogen and oxygen atoms in total. The molecular weight excluding hydrogens is 336 g/mol. The van der Waals surface area contributed by atoms with Crippen molar-refractivity contribution >= 4 is 18.0 Å². The highest BCUT2D eigenvalue weighted by Crippen LogP contribution is 2.09. The molecule has 2 aromatic rings. The normalized spacial score (nSPS) is 10.1. The van der Waals surface area contributed by atoms with Crippen LogP contribution in [0.4, 0.5) is 0 Å². The van der Waals surface area contributed by atoms with Gasteiger partial charge in [-0.2, -0.15) is 5.10 Å². The third-order valence-electron chi connectivity index (χ3n) is 3.37. The second kappa shape index (κ2) is 9.31. The number of esters is 2. The molecule has 1 aromatic carbocycles. The van der Waals surface area contributed by atoms with Gasteiger partial charge < -0.3 is 9.47 Å². The fourth-order valence-electron chi connectivity index (χ4n) is 2.19. The van der Waals surface area contributed by atoms with Crippen molar-refractivity contribution in [3.63, 3.8) is 0 Å². The van der Waals surface area contributed by atoms with Crippen molar-refractivity contribution in [1.29, 1.82) is 0 Å². The fraction of sp³-hybridized carbons (Fsp3) is 0.263. The van der Waals surface area contributed by atoms with E-state index in [9.17, 15) is 14.4 Å². The zero-order valence-electron chi connectivity index (χ0n) is 14.7. The Morgan fingerprint density at radius 1 is 1.08 bits per heavy atom. The summed E-state index contributed by atoms with van der Waals surface area (Å²) >= 11 is 0. The number of benzene rings is 1. The number of hydrogen-bond acceptors (Lipinski definition) is 6. The molecule has 0 bridgehead atoms. The Morgan fingerprint density at radius 3 is 2.23 bits per heavy atom. The van der Waals surface area contributed by atoms with Crippen LogP contribution in [-0.2, 0) is 25.6 Å². The lowest BCUT2D eigenvalue weighted by molar-refractivity contribution is -0.146. The predicted molar refractivity (Wildman–Crippen MR) is 95.3 cm³/mol. The monoisotopic (exact) mass is 356 g/mol. The summed E-state index contributed by atoms with van der Waals surface area (Å²) in [6.07, 6.45) is 2.65. The van der Waals surface area contributed by atoms with Gasteiger partial charge in [-0.25, -0.2) is 14.3 Å². The van der Waals surface area contributed by atoms with Crippen molar-refractivity contribution in [2.75, 3.05) is 13.2 Å². The first-order valence-electron chi connectivity index (χ1n) is 8.22. The highest BCUT2D eigenvalue weighted by Gasteiger charge is 2.21. The summed E-state index contributed by atoms with van der Waals surface area (Å²) < 4.78 is 11.0. The zero-order valence-corrected chi connectivity index (χ0v) is 14.7. The van der Waals surface area contributed by atoms with Crippen LogP contribution in [0.25, 0.3) is 6.08 Å². The molecule has 0 aliphatic rings. The quantitative estimate of drug-likeness (QED) is 0.325. The molecule has 0 spiro atoms. The van der Waals surface area contributed by atoms with Crippen LogP contribution in [0.3, 0.4) is 0 Å². The van der Waals surface area contributed by atoms with E-state index in [-0.39, 0.29) is 24.3 Å². The summed E-state index contributed by atoms with van der Waals surface area (Å²) in [5.74, 6) is -1.61. The summed E-state index contributed by atoms with van der Waals surface area (Å²) in [4.78, 5) is 36.2. The number of aromatic nitrogens is 2. The van der Waals surface area contributed by atoms with Gasteiger partial charge in [-0.05, 0) is 25.5 Å². The van der Waals surface area contributed by atoms with E-state index in [4.69, 9.17) is 9.47 Å². The Hall–Kier alpha value is -3.22. The highest BCUT2D eigenvalue weighted by molar-refractivity contribution is 6.17. The zero-order chi connectivity index (χ0) is 18.9. The molecule has 0 saturated heterocycles. The first-order valence-corrected chi connectivity index (χ1v) is 8.22. The number of hydrogen-bond donors (Lipinski definition) is 0. The molecule has 0 radical (unpaired) electrons. The largest absolute Gasteiger partial charge is 0.462 e. The average Bonchev–Trinajstić information content (AvgIpc) is 2.63. The van der Waals surface area contributed by atoms with Crippen LogP contribution < -0.4 is 5.56 Å². The lowest BCUT2D eigenvalue weighted by Gasteiger charge is -2.07. The smallest absolute Gasteiger partial charge is 0.345 e. The topological polar surface area (TPSA) is 87.5 Å². The molecule has 7 heteroatoms. The third kappa shape index (κ3) is 5.14. The lowest BCUT2D eigenvalue weighted by Crippen LogP contribution is -2.23. The summed E-state index contributed by atoms with van der Waals surface area (Å²) in [5.41, 5.74) is 0.616. The molecule has 0 amide bonds. The first-order chi connectivity index (χ1) is 12.5. The van der Waals surface area contributed by atoms with Gasteiger partial charge in [0, 0.05) is 11.6 Å². The number of carbonyl (C=O) groups excluding carboxylic acids is 2. The Morgan fingerprint density at radius 2 is 1.69 bits per heavy atom. The number of carbonyl (C=O) groups is 2. The van der Waals surface area contributed by atoms with Gasteiger partial charge in [-0.15, -0.1) is 0 Å². The summed E-state index contributed by atoms with van der Waals surface area (Å²) in [5, 5.41) is 4.09. The molecule has 2 rings (SSSR count). The van der Waals surface area contributed by atoms with Gasteiger partial charge in [0.25, 0.3) is 5.56 Å². The van der Waals surface area contributed by atoms with Gasteiger partial charge in [0.15, 0.2) is 0 Å². The first kappa shape index (κ1) is 19.1. The van der Waals surface area contributed by atoms with Gasteiger partial charge >= 0.3 is 11.9 Å². The van der Waals surface area contributed by atoms with Gasteiger partial charge in [-0.3, -0.25) is 4.79 Å². The van der Waals surface area contributed by atoms with E-state index in [2.05, 4.69) is 5.10 Å². The molecule has 0 aliphatic heterocycles. The van der Waals surface area contributed by atoms with Crippen LogP contribution in [0, 0.1) is 0 Å². The minimum absolute atomic E-state index is 0.118. The minimum atomic E-state index is -0.806. The van der Waals surface area contributed by atoms with E-state index in [0.717, 1.165) is 5.56 Å². The second-order valence-corrected chi connectivity index (χ2v) is 5.27. The molecule has 1 heterocycles. The summed E-state index contributed by atoms with van der Waals surface area (Å²) in [6.45, 7) is 3.82. The van der Waals surface area contributed by atoms with Crippen LogP contribution in [0.2, 0.25) is 0 Å². The Kier molecular flexibility index (Phi) is 6.84. The van der Waals surface area contributed by atoms with E-state index in [0.29, 0.717) is 12.1 Å². The maximum absolute atomic E-state index is 12.3. The molecule has 0 N–H and O–H groups in total. The minimum Gasteiger partial charge on any atom is -0.462 e. The lowest BCUT2D eigenvalue weighted by atomic mass is 10.1. The fourth-order valence-corrected chi connectivity index (χ4v) is 2.19. The van der Waals surface area contributed by atoms with E-state index in [1.54, 1.807) is 13.8 Å². The summed E-state index contributed by atoms with van der Waals surface area (Å²) in [7, 11) is 0. The molecule has 0 saturated carbocycles. The Labute approximate surface area is 150 Å². The molecule has 0 atom stereocenters. The third-order valence-corrected chi connectivity index (χ3v) is 3.37. The van der Waals surface area contributed by atoms with E-state index >= 15 is 0 Å². The number of ether oxygens (including phenoxy) is 2. The van der Waals surface area contributed by atoms with Crippen molar-refractivity contribution in [2.45, 2.75) is 20.4 Å². The molecule has 1 aromatic heterocycles. The molecule has 0 unspecified atom stereocenters. The van der Waals surface area contributed by atoms with Crippen LogP contribution in [-0.4, -0.2) is 34.9 Å². The van der Waals surface area contributed by atoms with Gasteiger partial charge in [-0.1, -0.05) is 30.3 Å². The van der Waals surface area contributed by atoms with Gasteiger partial charge in [0.2, 0.25) is 0 Å². The number of nitrogens with zero attached hydrogens (tertiary/aromatic N) is 2. The second-order valence-electron chi connectivity index (χ2n) is 5.27. The van der Waals surface area contributed by atoms with E-state index < -0.39 is 11.9 Å². The molecule has 26 heavy (non-hydrogen) atoms. The van der Waals surface area contributed by atoms with E-state index in [1.807, 2.05) is 30.3 Å². The molecule has 136 valence electrons. The summed E-state index contributed by atoms with van der Waals surface area (Å²) in [6, 6.07) is 10.7. The standard InChI is InChI=1S/C19H20N2O5/c1-3-25-18(23)16(19(24)26-4-2)10-15-11-17(22)21(20-12-15)13-14-8-6-5-7-9-14/h5-12H,3-4,13H2,1-2H3. The molecular formula is C19H20N2O5. The van der Waals surface area contributed by atoms with Crippen LogP contribution in [0.15, 0.2) is 53.0 Å². The average molecular weight is 356 g/mol. The van der Waals surface area contributed by atoms with Crippen molar-refractivity contribution in [3.05, 3.63) is 69.6 Å². The molecule has 0 fully saturated rings. The van der Waals surface area contributed by atoms with Crippen LogP contribution in [0.5, 0.6) is 0 Å². The Bertz CT molecular complexity index is 836. The van der Waals surface area contributed by atoms with Crippen molar-refractivity contribution in [2.24, 2.45) is 0 Å². The number of rotatable bonds is 7. The van der Waals surface area contributed by atoms with Gasteiger partial charge in [0.1, 0.15) is 5.57 Å². The van der Waals surface area contributed by atoms with Crippen molar-refractivity contribution in [3.8, 4) is 0 Å². The van der Waals surface area contributed by atoms with Crippen LogP contribution >= 0.6 is 0 Å². The van der Waals surface area contributed by atoms with Crippen molar-refractivity contribution in [1.82, 2.24) is 9.78 Å². The van der Waals surface area contributed by atoms with Crippen molar-refractivity contribution < 1.29 is 19.1 Å². The highest BCUT2D eigenvalue weighted by atomic mass is 16.6. The molecule has 0 aliphatic carbocycles. The van der Waals surface area contributed by atoms with E-state index in [1.165, 1.54) is 23.0 Å². The maximum Gasteiger partial charge on any atom is 0.345 e. The Balaban J connectivity index is 2.29. The maximum atomic E-state index is 12.3.